The van der Waals surface area contributed by atoms with E-state index in [1.807, 2.05) is 0 Å². The fourth-order valence-electron chi connectivity index (χ4n) is 1.63. The third-order valence-electron chi connectivity index (χ3n) is 2.69. The molecule has 3 nitrogen and oxygen atoms in total. The zero-order valence-corrected chi connectivity index (χ0v) is 12.5. The second-order valence-corrected chi connectivity index (χ2v) is 7.89. The Kier molecular flexibility index (Phi) is 4.18. The Bertz CT molecular complexity index is 711. The van der Waals surface area contributed by atoms with Crippen molar-refractivity contribution in [2.45, 2.75) is 8.56 Å². The van der Waals surface area contributed by atoms with E-state index in [0.29, 0.717) is 0 Å². The molecule has 2 aromatic carbocycles. The summed E-state index contributed by atoms with van der Waals surface area (Å²) in [5.74, 6) is -0.870. The summed E-state index contributed by atoms with van der Waals surface area (Å²) in [6, 6.07) is 15.2. The number of benzene rings is 2. The van der Waals surface area contributed by atoms with E-state index in [1.54, 1.807) is 24.3 Å². The fourth-order valence-corrected chi connectivity index (χ4v) is 3.55. The van der Waals surface area contributed by atoms with Crippen LogP contribution in [0, 0.1) is 0 Å². The molecule has 0 amide bonds. The van der Waals surface area contributed by atoms with Crippen molar-refractivity contribution in [1.29, 1.82) is 0 Å². The average molecular weight is 329 g/mol. The van der Waals surface area contributed by atoms with Gasteiger partial charge >= 0.3 is 0 Å². The molecular weight excluding hydrogens is 319 g/mol. The van der Waals surface area contributed by atoms with Crippen LogP contribution in [0.25, 0.3) is 0 Å². The third kappa shape index (κ3) is 2.59. The molecule has 0 aromatic heterocycles. The van der Waals surface area contributed by atoms with Gasteiger partial charge in [-0.15, -0.1) is 0 Å². The molecule has 0 saturated heterocycles. The number of hydrogen-bond donors (Lipinski definition) is 0. The van der Waals surface area contributed by atoms with E-state index < -0.39 is 19.3 Å². The molecule has 20 heavy (non-hydrogen) atoms. The van der Waals surface area contributed by atoms with E-state index in [9.17, 15) is 13.2 Å². The molecule has 0 aliphatic heterocycles. The molecule has 2 aromatic rings. The van der Waals surface area contributed by atoms with Gasteiger partial charge in [-0.3, -0.25) is 4.79 Å². The van der Waals surface area contributed by atoms with Gasteiger partial charge in [-0.25, -0.2) is 8.42 Å². The SMILES string of the molecule is O=C(c1ccccc1)C(Cl)(Cl)S(=O)(=O)c1ccccc1. The van der Waals surface area contributed by atoms with Crippen LogP contribution >= 0.6 is 23.2 Å². The van der Waals surface area contributed by atoms with Gasteiger partial charge in [-0.2, -0.15) is 0 Å². The molecular formula is C14H10Cl2O3S. The van der Waals surface area contributed by atoms with Gasteiger partial charge < -0.3 is 0 Å². The molecule has 0 bridgehead atoms. The lowest BCUT2D eigenvalue weighted by molar-refractivity contribution is 0.0996. The van der Waals surface area contributed by atoms with E-state index in [-0.39, 0.29) is 10.5 Å². The second kappa shape index (κ2) is 5.56. The van der Waals surface area contributed by atoms with Crippen LogP contribution in [0.1, 0.15) is 10.4 Å². The van der Waals surface area contributed by atoms with Crippen LogP contribution in [0.4, 0.5) is 0 Å². The quantitative estimate of drug-likeness (QED) is 0.637. The van der Waals surface area contributed by atoms with Gasteiger partial charge in [0.05, 0.1) is 4.90 Å². The van der Waals surface area contributed by atoms with E-state index in [0.717, 1.165) is 0 Å². The summed E-state index contributed by atoms with van der Waals surface area (Å²) >= 11 is 11.8. The summed E-state index contributed by atoms with van der Waals surface area (Å²) in [5, 5.41) is 0. The highest BCUT2D eigenvalue weighted by Crippen LogP contribution is 2.36. The number of Topliss-reactive ketones (excluding diaryl/α,β-unsaturated/α-hetero) is 1. The summed E-state index contributed by atoms with van der Waals surface area (Å²) < 4.78 is 22.2. The lowest BCUT2D eigenvalue weighted by atomic mass is 10.1. The van der Waals surface area contributed by atoms with Crippen LogP contribution in [0.15, 0.2) is 65.6 Å². The van der Waals surface area contributed by atoms with Crippen molar-refractivity contribution in [3.8, 4) is 0 Å². The highest BCUT2D eigenvalue weighted by molar-refractivity contribution is 7.96. The molecule has 6 heteroatoms. The number of alkyl halides is 2. The second-order valence-electron chi connectivity index (χ2n) is 4.03. The number of carbonyl (C=O) groups is 1. The Morgan fingerprint density at radius 2 is 1.30 bits per heavy atom. The van der Waals surface area contributed by atoms with Crippen LogP contribution < -0.4 is 0 Å². The number of halogens is 2. The average Bonchev–Trinajstić information content (AvgIpc) is 2.48. The topological polar surface area (TPSA) is 51.2 Å². The predicted octanol–water partition coefficient (Wildman–Crippen LogP) is 3.47. The van der Waals surface area contributed by atoms with Crippen LogP contribution in [-0.4, -0.2) is 17.9 Å². The number of rotatable bonds is 4. The molecule has 0 saturated carbocycles. The lowest BCUT2D eigenvalue weighted by Gasteiger charge is -2.18. The normalized spacial score (nSPS) is 12.1. The monoisotopic (exact) mass is 328 g/mol. The molecule has 0 spiro atoms. The molecule has 104 valence electrons. The van der Waals surface area contributed by atoms with Gasteiger partial charge in [0.1, 0.15) is 0 Å². The first-order chi connectivity index (χ1) is 9.37. The molecule has 0 heterocycles. The molecule has 0 N–H and O–H groups in total. The van der Waals surface area contributed by atoms with Crippen molar-refractivity contribution < 1.29 is 13.2 Å². The summed E-state index contributed by atoms with van der Waals surface area (Å²) in [7, 11) is -4.20. The van der Waals surface area contributed by atoms with Crippen molar-refractivity contribution in [3.05, 3.63) is 66.2 Å². The van der Waals surface area contributed by atoms with Crippen LogP contribution in [0.5, 0.6) is 0 Å². The lowest BCUT2D eigenvalue weighted by Crippen LogP contribution is -2.35. The zero-order valence-electron chi connectivity index (χ0n) is 10.2. The van der Waals surface area contributed by atoms with Crippen LogP contribution in [0.3, 0.4) is 0 Å². The predicted molar refractivity (Wildman–Crippen MR) is 78.8 cm³/mol. The van der Waals surface area contributed by atoms with Crippen molar-refractivity contribution in [1.82, 2.24) is 0 Å². The highest BCUT2D eigenvalue weighted by Gasteiger charge is 2.48. The van der Waals surface area contributed by atoms with E-state index in [2.05, 4.69) is 0 Å². The Morgan fingerprint density at radius 3 is 1.80 bits per heavy atom. The van der Waals surface area contributed by atoms with Crippen molar-refractivity contribution in [3.63, 3.8) is 0 Å². The van der Waals surface area contributed by atoms with Gasteiger partial charge in [-0.05, 0) is 12.1 Å². The maximum Gasteiger partial charge on any atom is 0.284 e. The molecule has 0 atom stereocenters. The molecule has 0 aliphatic rings. The molecule has 0 unspecified atom stereocenters. The maximum atomic E-state index is 12.4. The minimum absolute atomic E-state index is 0.103. The standard InChI is InChI=1S/C14H10Cl2O3S/c15-14(16,13(17)11-7-3-1-4-8-11)20(18,19)12-9-5-2-6-10-12/h1-10H. The maximum absolute atomic E-state index is 12.4. The zero-order chi connectivity index (χ0) is 14.8. The Hall–Kier alpha value is -1.36. The number of sulfone groups is 1. The summed E-state index contributed by atoms with van der Waals surface area (Å²) in [5.41, 5.74) is 0.136. The van der Waals surface area contributed by atoms with Gasteiger partial charge in [-0.1, -0.05) is 71.7 Å². The van der Waals surface area contributed by atoms with E-state index in [1.165, 1.54) is 36.4 Å². The number of ketones is 1. The first kappa shape index (κ1) is 15.0. The summed E-state index contributed by atoms with van der Waals surface area (Å²) in [6.45, 7) is 0. The third-order valence-corrected chi connectivity index (χ3v) is 6.01. The molecule has 0 radical (unpaired) electrons. The van der Waals surface area contributed by atoms with Gasteiger partial charge in [0.15, 0.2) is 0 Å². The van der Waals surface area contributed by atoms with Crippen LogP contribution in [0.2, 0.25) is 0 Å². The van der Waals surface area contributed by atoms with Gasteiger partial charge in [0.2, 0.25) is 15.6 Å². The van der Waals surface area contributed by atoms with Crippen LogP contribution in [-0.2, 0) is 9.84 Å². The minimum atomic E-state index is -4.20. The number of carbonyl (C=O) groups excluding carboxylic acids is 1. The van der Waals surface area contributed by atoms with Crippen molar-refractivity contribution in [2.24, 2.45) is 0 Å². The summed E-state index contributed by atoms with van der Waals surface area (Å²) in [6.07, 6.45) is 0. The van der Waals surface area contributed by atoms with Gasteiger partial charge in [0.25, 0.3) is 3.67 Å². The summed E-state index contributed by atoms with van der Waals surface area (Å²) in [4.78, 5) is 12.1. The molecule has 0 aliphatic carbocycles. The van der Waals surface area contributed by atoms with Crippen molar-refractivity contribution >= 4 is 38.8 Å². The first-order valence-corrected chi connectivity index (χ1v) is 7.88. The Balaban J connectivity index is 2.48. The fraction of sp³-hybridized carbons (Fsp3) is 0.0714. The molecule has 2 rings (SSSR count). The van der Waals surface area contributed by atoms with E-state index >= 15 is 0 Å². The van der Waals surface area contributed by atoms with E-state index in [4.69, 9.17) is 23.2 Å². The number of hydrogen-bond acceptors (Lipinski definition) is 3. The first-order valence-electron chi connectivity index (χ1n) is 5.65. The Labute approximate surface area is 127 Å². The van der Waals surface area contributed by atoms with Gasteiger partial charge in [0, 0.05) is 5.56 Å². The Morgan fingerprint density at radius 1 is 0.850 bits per heavy atom. The smallest absolute Gasteiger partial charge is 0.284 e. The minimum Gasteiger partial charge on any atom is -0.290 e. The van der Waals surface area contributed by atoms with Crippen molar-refractivity contribution in [2.75, 3.05) is 0 Å². The molecule has 0 fully saturated rings. The largest absolute Gasteiger partial charge is 0.290 e. The highest BCUT2D eigenvalue weighted by atomic mass is 35.5.